The molecule has 2 N–H and O–H groups in total. The third-order valence-corrected chi connectivity index (χ3v) is 5.83. The molecule has 1 aliphatic rings. The third-order valence-electron chi connectivity index (χ3n) is 4.38. The predicted octanol–water partition coefficient (Wildman–Crippen LogP) is 1.85. The molecule has 156 valence electrons. The van der Waals surface area contributed by atoms with Gasteiger partial charge in [0, 0.05) is 19.4 Å². The van der Waals surface area contributed by atoms with Gasteiger partial charge in [0.25, 0.3) is 0 Å². The van der Waals surface area contributed by atoms with Gasteiger partial charge in [-0.15, -0.1) is 10.2 Å². The van der Waals surface area contributed by atoms with Gasteiger partial charge in [0.2, 0.25) is 32.1 Å². The zero-order valence-electron chi connectivity index (χ0n) is 16.4. The van der Waals surface area contributed by atoms with E-state index in [0.717, 1.165) is 28.7 Å². The van der Waals surface area contributed by atoms with E-state index in [1.54, 1.807) is 4.90 Å². The minimum Gasteiger partial charge on any atom is -0.326 e. The lowest BCUT2D eigenvalue weighted by molar-refractivity contribution is -0.140. The van der Waals surface area contributed by atoms with E-state index in [4.69, 9.17) is 0 Å². The minimum absolute atomic E-state index is 0.0598. The zero-order valence-corrected chi connectivity index (χ0v) is 18.0. The summed E-state index contributed by atoms with van der Waals surface area (Å²) >= 11 is 0.910. The van der Waals surface area contributed by atoms with Crippen molar-refractivity contribution in [3.8, 4) is 0 Å². The van der Waals surface area contributed by atoms with Crippen molar-refractivity contribution in [2.75, 3.05) is 16.3 Å². The van der Waals surface area contributed by atoms with Gasteiger partial charge in [0.15, 0.2) is 0 Å². The van der Waals surface area contributed by atoms with E-state index < -0.39 is 16.1 Å². The first-order valence-electron chi connectivity index (χ1n) is 9.11. The number of fused-ring (bicyclic) bond motifs is 1. The number of nitrogens with zero attached hydrogens (tertiary/aromatic N) is 3. The molecule has 11 heteroatoms. The highest BCUT2D eigenvalue weighted by Crippen LogP contribution is 2.27. The number of anilines is 2. The van der Waals surface area contributed by atoms with Crippen molar-refractivity contribution in [3.63, 3.8) is 0 Å². The molecule has 3 rings (SSSR count). The molecule has 9 nitrogen and oxygen atoms in total. The van der Waals surface area contributed by atoms with E-state index in [1.165, 1.54) is 0 Å². The van der Waals surface area contributed by atoms with Crippen molar-refractivity contribution in [2.45, 2.75) is 39.3 Å². The van der Waals surface area contributed by atoms with E-state index in [0.29, 0.717) is 19.4 Å². The molecule has 0 fully saturated rings. The second-order valence-corrected chi connectivity index (χ2v) is 10.1. The number of rotatable bonds is 6. The number of carbonyl (C=O) groups is 2. The van der Waals surface area contributed by atoms with Gasteiger partial charge >= 0.3 is 0 Å². The van der Waals surface area contributed by atoms with Gasteiger partial charge in [-0.2, -0.15) is 0 Å². The minimum atomic E-state index is -3.49. The highest BCUT2D eigenvalue weighted by atomic mass is 32.2. The molecule has 29 heavy (non-hydrogen) atoms. The van der Waals surface area contributed by atoms with Crippen LogP contribution < -0.4 is 10.0 Å². The predicted molar refractivity (Wildman–Crippen MR) is 111 cm³/mol. The molecule has 0 radical (unpaired) electrons. The number of hydrogen-bond donors (Lipinski definition) is 2. The molecule has 1 aromatic heterocycles. The van der Waals surface area contributed by atoms with Crippen LogP contribution in [0.15, 0.2) is 24.3 Å². The average Bonchev–Trinajstić information content (AvgIpc) is 3.04. The van der Waals surface area contributed by atoms with Crippen molar-refractivity contribution in [1.82, 2.24) is 15.1 Å². The first-order chi connectivity index (χ1) is 13.6. The van der Waals surface area contributed by atoms with Gasteiger partial charge in [-0.1, -0.05) is 49.4 Å². The van der Waals surface area contributed by atoms with Crippen LogP contribution in [0.3, 0.4) is 0 Å². The molecule has 0 bridgehead atoms. The van der Waals surface area contributed by atoms with E-state index >= 15 is 0 Å². The molecule has 0 saturated heterocycles. The van der Waals surface area contributed by atoms with Crippen LogP contribution in [0.4, 0.5) is 10.3 Å². The van der Waals surface area contributed by atoms with Crippen LogP contribution in [0.25, 0.3) is 0 Å². The lowest BCUT2D eigenvalue weighted by Gasteiger charge is -2.36. The third kappa shape index (κ3) is 5.51. The van der Waals surface area contributed by atoms with Crippen molar-refractivity contribution in [3.05, 3.63) is 35.4 Å². The van der Waals surface area contributed by atoms with Crippen LogP contribution in [-0.2, 0) is 32.6 Å². The SMILES string of the molecule is CC(C)CC(=O)N1Cc2ccccc2CC1C(=O)Nc1nnc(NS(C)(=O)=O)s1. The molecule has 0 saturated carbocycles. The molecular formula is C18H23N5O4S2. The molecule has 1 aromatic carbocycles. The quantitative estimate of drug-likeness (QED) is 0.711. The van der Waals surface area contributed by atoms with Crippen LogP contribution in [0.1, 0.15) is 31.4 Å². The zero-order chi connectivity index (χ0) is 21.2. The molecule has 2 heterocycles. The molecular weight excluding hydrogens is 414 g/mol. The molecule has 0 aliphatic carbocycles. The highest BCUT2D eigenvalue weighted by Gasteiger charge is 2.35. The molecule has 1 aliphatic heterocycles. The Kier molecular flexibility index (Phi) is 6.18. The van der Waals surface area contributed by atoms with Gasteiger partial charge in [0.1, 0.15) is 6.04 Å². The maximum atomic E-state index is 13.0. The van der Waals surface area contributed by atoms with Gasteiger partial charge < -0.3 is 4.90 Å². The Morgan fingerprint density at radius 2 is 1.86 bits per heavy atom. The molecule has 2 aromatic rings. The molecule has 1 unspecified atom stereocenters. The van der Waals surface area contributed by atoms with Crippen LogP contribution in [0, 0.1) is 5.92 Å². The Labute approximate surface area is 173 Å². The lowest BCUT2D eigenvalue weighted by Crippen LogP contribution is -2.50. The van der Waals surface area contributed by atoms with Crippen LogP contribution in [0.5, 0.6) is 0 Å². The summed E-state index contributed by atoms with van der Waals surface area (Å²) in [7, 11) is -3.49. The van der Waals surface area contributed by atoms with Crippen LogP contribution >= 0.6 is 11.3 Å². The van der Waals surface area contributed by atoms with Crippen molar-refractivity contribution >= 4 is 43.4 Å². The summed E-state index contributed by atoms with van der Waals surface area (Å²) in [6, 6.07) is 7.08. The lowest BCUT2D eigenvalue weighted by atomic mass is 9.92. The first-order valence-corrected chi connectivity index (χ1v) is 11.8. The number of amides is 2. The maximum Gasteiger partial charge on any atom is 0.249 e. The summed E-state index contributed by atoms with van der Waals surface area (Å²) in [6.45, 7) is 4.29. The monoisotopic (exact) mass is 437 g/mol. The van der Waals surface area contributed by atoms with Gasteiger partial charge in [-0.25, -0.2) is 8.42 Å². The second-order valence-electron chi connectivity index (χ2n) is 7.38. The number of hydrogen-bond acceptors (Lipinski definition) is 7. The van der Waals surface area contributed by atoms with Crippen LogP contribution in [-0.4, -0.2) is 47.6 Å². The van der Waals surface area contributed by atoms with Crippen molar-refractivity contribution in [1.29, 1.82) is 0 Å². The normalized spacial score (nSPS) is 16.4. The number of aromatic nitrogens is 2. The fourth-order valence-corrected chi connectivity index (χ4v) is 4.62. The van der Waals surface area contributed by atoms with E-state index in [9.17, 15) is 18.0 Å². The Bertz CT molecular complexity index is 1020. The Morgan fingerprint density at radius 1 is 1.21 bits per heavy atom. The fraction of sp³-hybridized carbons (Fsp3) is 0.444. The highest BCUT2D eigenvalue weighted by molar-refractivity contribution is 7.92. The molecule has 0 spiro atoms. The average molecular weight is 438 g/mol. The topological polar surface area (TPSA) is 121 Å². The summed E-state index contributed by atoms with van der Waals surface area (Å²) in [6.07, 6.45) is 1.76. The summed E-state index contributed by atoms with van der Waals surface area (Å²) in [5, 5.41) is 10.4. The van der Waals surface area contributed by atoms with E-state index in [2.05, 4.69) is 20.2 Å². The van der Waals surface area contributed by atoms with Gasteiger partial charge in [-0.05, 0) is 17.0 Å². The number of sulfonamides is 1. The fourth-order valence-electron chi connectivity index (χ4n) is 3.15. The van der Waals surface area contributed by atoms with Crippen molar-refractivity contribution < 1.29 is 18.0 Å². The second kappa shape index (κ2) is 8.46. The smallest absolute Gasteiger partial charge is 0.249 e. The standard InChI is InChI=1S/C18H23N5O4S2/c1-11(2)8-15(24)23-10-13-7-5-4-6-12(13)9-14(23)16(25)19-17-20-21-18(28-17)22-29(3,26)27/h4-7,11,14H,8-10H2,1-3H3,(H,21,22)(H,19,20,25). The number of carbonyl (C=O) groups excluding carboxylic acids is 2. The van der Waals surface area contributed by atoms with Crippen molar-refractivity contribution in [2.24, 2.45) is 5.92 Å². The van der Waals surface area contributed by atoms with Crippen LogP contribution in [0.2, 0.25) is 0 Å². The largest absolute Gasteiger partial charge is 0.326 e. The van der Waals surface area contributed by atoms with E-state index in [1.807, 2.05) is 38.1 Å². The summed E-state index contributed by atoms with van der Waals surface area (Å²) < 4.78 is 24.8. The Hall–Kier alpha value is -2.53. The summed E-state index contributed by atoms with van der Waals surface area (Å²) in [5.41, 5.74) is 2.06. The van der Waals surface area contributed by atoms with E-state index in [-0.39, 0.29) is 28.0 Å². The molecule has 2 amide bonds. The van der Waals surface area contributed by atoms with Gasteiger partial charge in [0.05, 0.1) is 6.26 Å². The number of nitrogens with one attached hydrogen (secondary N) is 2. The Balaban J connectivity index is 1.79. The summed E-state index contributed by atoms with van der Waals surface area (Å²) in [4.78, 5) is 27.4. The Morgan fingerprint density at radius 3 is 2.52 bits per heavy atom. The van der Waals surface area contributed by atoms with Gasteiger partial charge in [-0.3, -0.25) is 19.6 Å². The summed E-state index contributed by atoms with van der Waals surface area (Å²) in [5.74, 6) is -0.277. The number of benzene rings is 1. The molecule has 1 atom stereocenters. The first kappa shape index (κ1) is 21.2. The maximum absolute atomic E-state index is 13.0.